The van der Waals surface area contributed by atoms with E-state index in [0.717, 1.165) is 13.0 Å². The maximum Gasteiger partial charge on any atom is 0.446 e. The van der Waals surface area contributed by atoms with Gasteiger partial charge in [0.05, 0.1) is 66.8 Å². The fourth-order valence-corrected chi connectivity index (χ4v) is 22.4. The predicted molar refractivity (Wildman–Crippen MR) is 452 cm³/mol. The standard InChI is InChI=1S/2C23H36N2O5S.C22H35N3O5S.C16H24N2O4S.C2HF3O/c2*1-7-16-11-23(16,21(28)24-31(29,30)17-8-9-17)12-19(26)18-10-14(2)13-25(18)20(27)15(3)22(4,5)6;1-6-14-10-22(14,20(28)24-31(29,30)16-7-8-16)11-18(26)17-9-15(23)12-25(17)19(27)13(2)21(3,4)5;1-3-11-7-16(11,8-14(19)13-6-10(2)9-17-13)15(20)18-23(21,22)12-4-5-12;3-2(4,5)1-6/h2*7,14-18H,1,8-13H2,2-6H3,(H,24,28);6,13-17H,1,7-12,23H2,2-5H3,(H,24,28);3,10-13,17H,1,4-9H2,2H3,(H,18,20);1H/t2*14-,15-,16?,18+,23?;13-,14-,15-,17+,22-;10-,11?,13+,16?;/m1111./s1. The van der Waals surface area contributed by atoms with Crippen molar-refractivity contribution in [1.29, 1.82) is 0 Å². The van der Waals surface area contributed by atoms with Gasteiger partial charge >= 0.3 is 6.18 Å². The molecule has 122 heavy (non-hydrogen) atoms. The van der Waals surface area contributed by atoms with Crippen molar-refractivity contribution in [2.75, 3.05) is 26.2 Å². The summed E-state index contributed by atoms with van der Waals surface area (Å²) in [6.45, 7) is 46.8. The van der Waals surface area contributed by atoms with Gasteiger partial charge in [-0.2, -0.15) is 13.2 Å². The summed E-state index contributed by atoms with van der Waals surface area (Å²) in [5.74, 6) is -3.97. The smallest absolute Gasteiger partial charge is 0.332 e. The highest BCUT2D eigenvalue weighted by Crippen LogP contribution is 2.60. The second kappa shape index (κ2) is 37.2. The summed E-state index contributed by atoms with van der Waals surface area (Å²) >= 11 is 0. The van der Waals surface area contributed by atoms with Crippen LogP contribution in [0.5, 0.6) is 0 Å². The summed E-state index contributed by atoms with van der Waals surface area (Å²) in [5, 5.41) is 1.20. The van der Waals surface area contributed by atoms with E-state index in [1.54, 1.807) is 39.0 Å². The van der Waals surface area contributed by atoms with Crippen molar-refractivity contribution in [3.8, 4) is 0 Å². The first-order valence-corrected chi connectivity index (χ1v) is 49.0. The monoisotopic (exact) mass is 1800 g/mol. The maximum atomic E-state index is 13.4. The van der Waals surface area contributed by atoms with Crippen LogP contribution in [0.15, 0.2) is 50.6 Å². The van der Waals surface area contributed by atoms with E-state index in [0.29, 0.717) is 122 Å². The highest BCUT2D eigenvalue weighted by molar-refractivity contribution is 7.91. The predicted octanol–water partition coefficient (Wildman–Crippen LogP) is 8.18. The molecular weight excluding hydrogens is 1660 g/mol. The number of hydrogen-bond donors (Lipinski definition) is 6. The number of carbonyl (C=O) groups excluding carboxylic acids is 12. The van der Waals surface area contributed by atoms with Gasteiger partial charge in [0.2, 0.25) is 87.7 Å². The number of allylic oxidation sites excluding steroid dienone is 4. The van der Waals surface area contributed by atoms with Crippen LogP contribution in [0.3, 0.4) is 0 Å². The maximum absolute atomic E-state index is 13.4. The number of hydrogen-bond acceptors (Lipinski definition) is 22. The minimum atomic E-state index is -4.64. The molecule has 0 radical (unpaired) electrons. The molecule has 12 fully saturated rings. The molecule has 686 valence electrons. The highest BCUT2D eigenvalue weighted by Gasteiger charge is 2.66. The molecule has 0 aromatic heterocycles. The van der Waals surface area contributed by atoms with Crippen molar-refractivity contribution in [3.63, 3.8) is 0 Å². The number of Topliss-reactive ketones (excluding diaryl/α,β-unsaturated/α-hetero) is 4. The first kappa shape index (κ1) is 101. The van der Waals surface area contributed by atoms with Crippen LogP contribution in [0.25, 0.3) is 0 Å². The van der Waals surface area contributed by atoms with E-state index in [-0.39, 0.29) is 148 Å². The van der Waals surface area contributed by atoms with Gasteiger partial charge < -0.3 is 25.8 Å². The van der Waals surface area contributed by atoms with Crippen LogP contribution >= 0.6 is 0 Å². The van der Waals surface area contributed by atoms with Crippen LogP contribution in [0, 0.1) is 97.1 Å². The van der Waals surface area contributed by atoms with E-state index < -0.39 is 137 Å². The highest BCUT2D eigenvalue weighted by atomic mass is 32.2. The molecule has 4 heterocycles. The Morgan fingerprint density at radius 2 is 0.656 bits per heavy atom. The molecule has 0 aromatic carbocycles. The molecule has 19 atom stereocenters. The summed E-state index contributed by atoms with van der Waals surface area (Å²) in [4.78, 5) is 157. The third-order valence-corrected chi connectivity index (χ3v) is 34.7. The van der Waals surface area contributed by atoms with Gasteiger partial charge in [0, 0.05) is 69.1 Å². The lowest BCUT2D eigenvalue weighted by atomic mass is 9.81. The Balaban J connectivity index is 0.000000198. The van der Waals surface area contributed by atoms with Crippen LogP contribution in [0.1, 0.15) is 232 Å². The number of ketones is 4. The van der Waals surface area contributed by atoms with E-state index in [1.165, 1.54) is 0 Å². The number of nitrogens with two attached hydrogens (primary N) is 1. The van der Waals surface area contributed by atoms with Crippen LogP contribution in [-0.4, -0.2) is 203 Å². The molecule has 4 saturated heterocycles. The second-order valence-electron chi connectivity index (χ2n) is 40.5. The molecule has 4 aliphatic heterocycles. The number of nitrogens with one attached hydrogen (secondary N) is 5. The number of aldehydes is 1. The summed E-state index contributed by atoms with van der Waals surface area (Å²) < 4.78 is 138. The Labute approximate surface area is 719 Å². The number of alkyl halides is 3. The van der Waals surface area contributed by atoms with Crippen LogP contribution in [-0.2, 0) is 97.6 Å². The molecule has 7 amide bonds. The molecule has 0 spiro atoms. The van der Waals surface area contributed by atoms with Crippen molar-refractivity contribution in [2.45, 2.75) is 290 Å². The Morgan fingerprint density at radius 3 is 0.861 bits per heavy atom. The van der Waals surface area contributed by atoms with Crippen molar-refractivity contribution in [2.24, 2.45) is 103 Å². The molecule has 0 aromatic rings. The van der Waals surface area contributed by atoms with E-state index in [4.69, 9.17) is 10.5 Å². The Hall–Kier alpha value is -6.89. The van der Waals surface area contributed by atoms with Crippen molar-refractivity contribution in [1.82, 2.24) is 38.9 Å². The number of amides is 7. The molecule has 7 N–H and O–H groups in total. The topological polar surface area (TPSA) is 437 Å². The van der Waals surface area contributed by atoms with Gasteiger partial charge in [0.25, 0.3) is 0 Å². The first-order valence-electron chi connectivity index (χ1n) is 42.8. The number of carbonyl (C=O) groups is 12. The lowest BCUT2D eigenvalue weighted by Crippen LogP contribution is -2.47. The van der Waals surface area contributed by atoms with Gasteiger partial charge in [-0.3, -0.25) is 76.4 Å². The molecule has 8 saturated carbocycles. The molecular formula is C86H132F3N9O20S4. The number of rotatable bonds is 31. The van der Waals surface area contributed by atoms with Crippen LogP contribution in [0.4, 0.5) is 13.2 Å². The van der Waals surface area contributed by atoms with E-state index >= 15 is 0 Å². The minimum absolute atomic E-state index is 0.00216. The van der Waals surface area contributed by atoms with Gasteiger partial charge in [-0.25, -0.2) is 33.7 Å². The largest absolute Gasteiger partial charge is 0.446 e. The first-order chi connectivity index (χ1) is 56.0. The molecule has 0 bridgehead atoms. The number of nitrogens with zero attached hydrogens (tertiary/aromatic N) is 3. The minimum Gasteiger partial charge on any atom is -0.332 e. The average Bonchev–Trinajstić information content (AvgIpc) is 1.59. The summed E-state index contributed by atoms with van der Waals surface area (Å²) in [7, 11) is -14.7. The van der Waals surface area contributed by atoms with E-state index in [1.807, 2.05) is 96.9 Å². The van der Waals surface area contributed by atoms with Crippen molar-refractivity contribution < 1.29 is 104 Å². The Bertz CT molecular complexity index is 4240. The molecule has 12 rings (SSSR count). The molecule has 6 unspecified atom stereocenters. The molecule has 8 aliphatic carbocycles. The lowest BCUT2D eigenvalue weighted by molar-refractivity contribution is -0.156. The fourth-order valence-electron chi connectivity index (χ4n) is 16.9. The quantitative estimate of drug-likeness (QED) is 0.0281. The van der Waals surface area contributed by atoms with Gasteiger partial charge in [0.15, 0.2) is 23.1 Å². The average molecular weight is 1800 g/mol. The van der Waals surface area contributed by atoms with Crippen LogP contribution < -0.4 is 29.9 Å². The van der Waals surface area contributed by atoms with Gasteiger partial charge in [-0.15, -0.1) is 26.3 Å². The Kier molecular flexibility index (Phi) is 30.6. The number of halogens is 3. The summed E-state index contributed by atoms with van der Waals surface area (Å²) in [6.07, 6.45) is 9.08. The van der Waals surface area contributed by atoms with Gasteiger partial charge in [0.1, 0.15) is 0 Å². The van der Waals surface area contributed by atoms with Crippen molar-refractivity contribution in [3.05, 3.63) is 50.6 Å². The summed E-state index contributed by atoms with van der Waals surface area (Å²) in [6, 6.07) is -2.35. The van der Waals surface area contributed by atoms with Crippen LogP contribution in [0.2, 0.25) is 0 Å². The van der Waals surface area contributed by atoms with E-state index in [9.17, 15) is 99.6 Å². The Morgan fingerprint density at radius 1 is 0.418 bits per heavy atom. The third kappa shape index (κ3) is 24.1. The van der Waals surface area contributed by atoms with Crippen molar-refractivity contribution >= 4 is 111 Å². The fraction of sp³-hybridized carbons (Fsp3) is 0.767. The van der Waals surface area contributed by atoms with Gasteiger partial charge in [-0.1, -0.05) is 128 Å². The summed E-state index contributed by atoms with van der Waals surface area (Å²) in [5.41, 5.74) is 1.21. The zero-order valence-electron chi connectivity index (χ0n) is 73.5. The normalized spacial score (nSPS) is 31.6. The number of sulfonamides is 4. The zero-order valence-corrected chi connectivity index (χ0v) is 76.8. The number of likely N-dealkylation sites (tertiary alicyclic amines) is 3. The lowest BCUT2D eigenvalue weighted by Gasteiger charge is -2.33. The van der Waals surface area contributed by atoms with E-state index in [2.05, 4.69) is 57.4 Å². The second-order valence-corrected chi connectivity index (χ2v) is 48.3. The molecule has 29 nitrogen and oxygen atoms in total. The third-order valence-electron chi connectivity index (χ3n) is 27.4. The molecule has 36 heteroatoms. The SMILES string of the molecule is C=CC1CC1(CC(=O)[C@@H]1C[C@@H](C)CN1)C(=O)NS(=O)(=O)C1CC1.C=CC1CC1(CC(=O)[C@@H]1C[C@@H](C)CN1C(=O)[C@@H](C)C(C)(C)C)C(=O)NS(=O)(=O)C1CC1.C=CC1CC1(CC(=O)[C@@H]1C[C@@H](C)CN1C(=O)[C@@H](C)C(C)(C)C)C(=O)NS(=O)(=O)C1CC1.C=C[C@@H]1C[C@]1(CC(=O)[C@@H]1C[C@@H](N)CN1C(=O)[C@@H](C)C(C)(C)C)C(=O)NS(=O)(=O)C1CC1.O=CC(F)(F)F. The zero-order chi connectivity index (χ0) is 92.1. The van der Waals surface area contributed by atoms with Gasteiger partial charge in [-0.05, 0) is 167 Å². The molecule has 12 aliphatic rings.